The van der Waals surface area contributed by atoms with Crippen LogP contribution in [0, 0.1) is 52.7 Å². The quantitative estimate of drug-likeness (QED) is 0.0434. The van der Waals surface area contributed by atoms with Crippen LogP contribution in [0.2, 0.25) is 0 Å². The number of hydrogen-bond acceptors (Lipinski definition) is 6. The summed E-state index contributed by atoms with van der Waals surface area (Å²) in [6.45, 7) is 0. The first-order valence-electron chi connectivity index (χ1n) is 16.6. The van der Waals surface area contributed by atoms with E-state index in [2.05, 4.69) is 0 Å². The van der Waals surface area contributed by atoms with Gasteiger partial charge in [-0.2, -0.15) is 0 Å². The Bertz CT molecular complexity index is 2420. The van der Waals surface area contributed by atoms with Crippen molar-refractivity contribution in [1.82, 2.24) is 0 Å². The van der Waals surface area contributed by atoms with Crippen LogP contribution in [-0.4, -0.2) is 44.3 Å². The molecule has 0 aromatic heterocycles. The number of halogens is 8. The van der Waals surface area contributed by atoms with E-state index in [9.17, 15) is 46.6 Å². The molecular formula is C39H22Cl2F6N2O6. The van der Waals surface area contributed by atoms with Crippen molar-refractivity contribution in [1.29, 1.82) is 0 Å². The van der Waals surface area contributed by atoms with Crippen molar-refractivity contribution < 1.29 is 55.4 Å². The number of aromatic hydroxyl groups is 1. The number of carbonyl (C=O) groups is 5. The number of ketones is 1. The summed E-state index contributed by atoms with van der Waals surface area (Å²) in [5, 5.41) is 9.96. The number of phenolic OH excluding ortho intramolecular Hbond substituents is 1. The molecule has 55 heavy (non-hydrogen) atoms. The predicted molar refractivity (Wildman–Crippen MR) is 183 cm³/mol. The highest BCUT2D eigenvalue weighted by atomic mass is 35.5. The Labute approximate surface area is 316 Å². The summed E-state index contributed by atoms with van der Waals surface area (Å²) < 4.78 is 88.3. The third-order valence-electron chi connectivity index (χ3n) is 11.0. The molecule has 16 heteroatoms. The van der Waals surface area contributed by atoms with Gasteiger partial charge in [-0.25, -0.2) is 31.2 Å². The molecule has 3 fully saturated rings. The van der Waals surface area contributed by atoms with Crippen LogP contribution < -0.4 is 9.80 Å². The molecule has 2 saturated heterocycles. The second-order valence-corrected chi connectivity index (χ2v) is 14.9. The number of anilines is 2. The average molecular weight is 800 g/mol. The smallest absolute Gasteiger partial charge is 0.258 e. The number of phenols is 1. The van der Waals surface area contributed by atoms with Gasteiger partial charge in [-0.05, 0) is 60.7 Å². The van der Waals surface area contributed by atoms with Crippen molar-refractivity contribution in [3.05, 3.63) is 136 Å². The van der Waals surface area contributed by atoms with Crippen molar-refractivity contribution in [3.63, 3.8) is 0 Å². The number of benzene rings is 4. The van der Waals surface area contributed by atoms with Crippen LogP contribution in [0.3, 0.4) is 0 Å². The van der Waals surface area contributed by atoms with Crippen LogP contribution in [0.5, 0.6) is 5.75 Å². The fraction of sp³-hybridized carbons (Fsp3) is 0.205. The summed E-state index contributed by atoms with van der Waals surface area (Å²) in [4.78, 5) is 64.8. The predicted octanol–water partition coefficient (Wildman–Crippen LogP) is 7.23. The summed E-state index contributed by atoms with van der Waals surface area (Å²) in [6.07, 6.45) is 0.553. The van der Waals surface area contributed by atoms with Crippen LogP contribution >= 0.6 is 23.2 Å². The lowest BCUT2D eigenvalue weighted by Crippen LogP contribution is -2.60. The summed E-state index contributed by atoms with van der Waals surface area (Å²) in [5.74, 6) is -25.2. The van der Waals surface area contributed by atoms with Gasteiger partial charge >= 0.3 is 0 Å². The third kappa shape index (κ3) is 4.89. The lowest BCUT2D eigenvalue weighted by Gasteiger charge is -2.50. The molecule has 2 aliphatic heterocycles. The van der Waals surface area contributed by atoms with Crippen LogP contribution in [0.4, 0.5) is 37.7 Å². The highest BCUT2D eigenvalue weighted by Gasteiger charge is 2.77. The first kappa shape index (κ1) is 36.5. The second kappa shape index (κ2) is 12.5. The lowest BCUT2D eigenvalue weighted by atomic mass is 9.56. The molecule has 1 N–H and O–H groups in total. The zero-order valence-electron chi connectivity index (χ0n) is 27.6. The number of rotatable bonds is 5. The molecule has 2 aliphatic carbocycles. The van der Waals surface area contributed by atoms with E-state index in [1.54, 1.807) is 30.3 Å². The fourth-order valence-corrected chi connectivity index (χ4v) is 9.35. The zero-order chi connectivity index (χ0) is 39.5. The SMILES string of the molecule is O=C(c1ccccc1)c1ccc(N2C(=O)C3CC=C4C(CC5(Cl)C(=O)N(c6c(F)c(F)c(F)c(F)c6F)C(=O)C5(Cl)C4c4ccc(O)c(F)c4)C3C2=O)cc1. The van der Waals surface area contributed by atoms with Gasteiger partial charge in [0.1, 0.15) is 5.69 Å². The third-order valence-corrected chi connectivity index (χ3v) is 12.4. The molecule has 280 valence electrons. The van der Waals surface area contributed by atoms with Gasteiger partial charge in [0.05, 0.1) is 17.5 Å². The topological polar surface area (TPSA) is 112 Å². The monoisotopic (exact) mass is 798 g/mol. The fourth-order valence-electron chi connectivity index (χ4n) is 8.42. The lowest BCUT2D eigenvalue weighted by molar-refractivity contribution is -0.125. The van der Waals surface area contributed by atoms with Crippen molar-refractivity contribution in [2.75, 3.05) is 9.80 Å². The number of imide groups is 2. The van der Waals surface area contributed by atoms with Gasteiger partial charge in [-0.15, -0.1) is 23.2 Å². The molecule has 2 heterocycles. The molecule has 4 aromatic rings. The Morgan fingerprint density at radius 1 is 0.709 bits per heavy atom. The van der Waals surface area contributed by atoms with Gasteiger partial charge in [-0.3, -0.25) is 28.9 Å². The molecule has 6 atom stereocenters. The largest absolute Gasteiger partial charge is 0.505 e. The molecule has 8 nitrogen and oxygen atoms in total. The molecule has 0 spiro atoms. The number of amides is 4. The number of alkyl halides is 2. The van der Waals surface area contributed by atoms with E-state index in [4.69, 9.17) is 23.2 Å². The van der Waals surface area contributed by atoms with E-state index < -0.39 is 110 Å². The molecule has 4 aromatic carbocycles. The summed E-state index contributed by atoms with van der Waals surface area (Å²) in [6, 6.07) is 16.8. The van der Waals surface area contributed by atoms with Crippen LogP contribution in [0.1, 0.15) is 40.2 Å². The van der Waals surface area contributed by atoms with Gasteiger partial charge in [0.25, 0.3) is 11.8 Å². The van der Waals surface area contributed by atoms with E-state index in [1.165, 1.54) is 30.3 Å². The molecule has 4 amide bonds. The standard InChI is InChI=1S/C39H22Cl2F6N2O6/c40-38-15-22-20(11-12-21-25(22)35(53)48(34(21)52)19-9-6-17(7-10-19)33(51)16-4-2-1-3-5-16)26(18-8-13-24(50)23(42)14-18)39(38,41)37(55)49(36(38)54)32-30(46)28(44)27(43)29(45)31(32)47/h1-11,13-14,21-22,25-26,50H,12,15H2. The highest BCUT2D eigenvalue weighted by molar-refractivity contribution is 6.58. The summed E-state index contributed by atoms with van der Waals surface area (Å²) in [5.41, 5.74) is -1.30. The maximum absolute atomic E-state index is 15.2. The maximum Gasteiger partial charge on any atom is 0.258 e. The molecule has 0 bridgehead atoms. The van der Waals surface area contributed by atoms with Gasteiger partial charge in [0, 0.05) is 17.0 Å². The van der Waals surface area contributed by atoms with Crippen LogP contribution in [-0.2, 0) is 19.2 Å². The zero-order valence-corrected chi connectivity index (χ0v) is 29.1. The minimum atomic E-state index is -2.85. The minimum absolute atomic E-state index is 0.0976. The van der Waals surface area contributed by atoms with Crippen molar-refractivity contribution in [2.24, 2.45) is 17.8 Å². The number of nitrogens with zero attached hydrogens (tertiary/aromatic N) is 2. The number of hydrogen-bond donors (Lipinski definition) is 1. The maximum atomic E-state index is 15.2. The van der Waals surface area contributed by atoms with Crippen molar-refractivity contribution in [3.8, 4) is 5.75 Å². The van der Waals surface area contributed by atoms with E-state index in [0.29, 0.717) is 5.56 Å². The molecule has 6 unspecified atom stereocenters. The Morgan fingerprint density at radius 2 is 1.31 bits per heavy atom. The summed E-state index contributed by atoms with van der Waals surface area (Å²) in [7, 11) is 0. The highest BCUT2D eigenvalue weighted by Crippen LogP contribution is 2.66. The first-order valence-corrected chi connectivity index (χ1v) is 17.3. The Balaban J connectivity index is 1.23. The molecular weight excluding hydrogens is 777 g/mol. The normalized spacial score (nSPS) is 27.2. The molecule has 8 rings (SSSR count). The second-order valence-electron chi connectivity index (χ2n) is 13.7. The number of fused-ring (bicyclic) bond motifs is 4. The first-order chi connectivity index (χ1) is 26.0. The van der Waals surface area contributed by atoms with Crippen molar-refractivity contribution >= 4 is 64.0 Å². The van der Waals surface area contributed by atoms with Gasteiger partial charge in [0.15, 0.2) is 50.4 Å². The van der Waals surface area contributed by atoms with Gasteiger partial charge in [0.2, 0.25) is 17.6 Å². The van der Waals surface area contributed by atoms with E-state index in [0.717, 1.165) is 23.1 Å². The average Bonchev–Trinajstić information content (AvgIpc) is 3.52. The van der Waals surface area contributed by atoms with E-state index in [-0.39, 0.29) is 39.5 Å². The Hall–Kier alpha value is -5.47. The van der Waals surface area contributed by atoms with Gasteiger partial charge < -0.3 is 5.11 Å². The van der Waals surface area contributed by atoms with Gasteiger partial charge in [-0.1, -0.05) is 48.0 Å². The van der Waals surface area contributed by atoms with E-state index in [1.807, 2.05) is 0 Å². The van der Waals surface area contributed by atoms with Crippen molar-refractivity contribution in [2.45, 2.75) is 28.5 Å². The molecule has 4 aliphatic rings. The van der Waals surface area contributed by atoms with E-state index >= 15 is 8.78 Å². The Morgan fingerprint density at radius 3 is 1.93 bits per heavy atom. The van der Waals surface area contributed by atoms with Crippen LogP contribution in [0.25, 0.3) is 0 Å². The molecule has 1 saturated carbocycles. The summed E-state index contributed by atoms with van der Waals surface area (Å²) >= 11 is 14.1. The molecule has 0 radical (unpaired) electrons. The Kier molecular flexibility index (Phi) is 8.32. The number of carbonyl (C=O) groups excluding carboxylic acids is 5. The minimum Gasteiger partial charge on any atom is -0.505 e. The number of allylic oxidation sites excluding steroid dienone is 2. The van der Waals surface area contributed by atoms with Crippen LogP contribution in [0.15, 0.2) is 84.4 Å².